The molecule has 0 aromatic carbocycles. The summed E-state index contributed by atoms with van der Waals surface area (Å²) < 4.78 is 2.16. The van der Waals surface area contributed by atoms with E-state index in [1.165, 1.54) is 6.42 Å². The summed E-state index contributed by atoms with van der Waals surface area (Å²) >= 11 is 0. The van der Waals surface area contributed by atoms with Crippen molar-refractivity contribution < 1.29 is 4.79 Å². The fourth-order valence-electron chi connectivity index (χ4n) is 2.02. The number of amides is 1. The minimum Gasteiger partial charge on any atom is -0.354 e. The molecule has 1 amide bonds. The number of carbonyl (C=O) groups excluding carboxylic acids is 1. The van der Waals surface area contributed by atoms with Gasteiger partial charge in [0.15, 0.2) is 0 Å². The van der Waals surface area contributed by atoms with Gasteiger partial charge < -0.3 is 9.88 Å². The van der Waals surface area contributed by atoms with Crippen LogP contribution in [0.5, 0.6) is 0 Å². The van der Waals surface area contributed by atoms with Crippen molar-refractivity contribution in [3.63, 3.8) is 0 Å². The molecule has 4 heteroatoms. The molecule has 0 spiro atoms. The minimum absolute atomic E-state index is 0.0660. The quantitative estimate of drug-likeness (QED) is 0.720. The van der Waals surface area contributed by atoms with Gasteiger partial charge in [-0.05, 0) is 26.2 Å². The predicted molar refractivity (Wildman–Crippen MR) is 53.3 cm³/mol. The average Bonchev–Trinajstić information content (AvgIpc) is 2.56. The van der Waals surface area contributed by atoms with E-state index in [9.17, 15) is 4.79 Å². The molecule has 0 atom stereocenters. The molecule has 1 aliphatic heterocycles. The molecule has 2 heterocycles. The van der Waals surface area contributed by atoms with Crippen molar-refractivity contribution >= 4 is 5.91 Å². The number of hydrogen-bond donors (Lipinski definition) is 1. The Morgan fingerprint density at radius 2 is 2.29 bits per heavy atom. The van der Waals surface area contributed by atoms with Gasteiger partial charge in [0.1, 0.15) is 11.5 Å². The first kappa shape index (κ1) is 9.24. The third-order valence-corrected chi connectivity index (χ3v) is 2.75. The third kappa shape index (κ3) is 1.31. The summed E-state index contributed by atoms with van der Waals surface area (Å²) in [6.07, 6.45) is 3.33. The molecule has 2 rings (SSSR count). The molecular weight excluding hydrogens is 178 g/mol. The molecule has 0 saturated carbocycles. The standard InChI is InChI=1S/C10H15N3O/c1-7-12-9(10(14)11-2)8-5-3-4-6-13(7)8/h3-6H2,1-2H3,(H,11,14). The van der Waals surface area contributed by atoms with E-state index < -0.39 is 0 Å². The molecule has 0 unspecified atom stereocenters. The first-order chi connectivity index (χ1) is 6.74. The summed E-state index contributed by atoms with van der Waals surface area (Å²) in [5, 5.41) is 2.63. The lowest BCUT2D eigenvalue weighted by atomic mass is 10.1. The molecule has 1 aliphatic rings. The lowest BCUT2D eigenvalue weighted by molar-refractivity contribution is 0.0957. The van der Waals surface area contributed by atoms with Gasteiger partial charge in [-0.2, -0.15) is 0 Å². The van der Waals surface area contributed by atoms with Gasteiger partial charge in [0, 0.05) is 13.6 Å². The van der Waals surface area contributed by atoms with Gasteiger partial charge in [0.2, 0.25) is 0 Å². The van der Waals surface area contributed by atoms with Crippen LogP contribution < -0.4 is 5.32 Å². The van der Waals surface area contributed by atoms with Gasteiger partial charge in [-0.1, -0.05) is 0 Å². The topological polar surface area (TPSA) is 46.9 Å². The van der Waals surface area contributed by atoms with Gasteiger partial charge >= 0.3 is 0 Å². The highest BCUT2D eigenvalue weighted by Crippen LogP contribution is 2.20. The second-order valence-electron chi connectivity index (χ2n) is 3.64. The number of carbonyl (C=O) groups is 1. The summed E-state index contributed by atoms with van der Waals surface area (Å²) in [6, 6.07) is 0. The lowest BCUT2D eigenvalue weighted by Gasteiger charge is -2.15. The molecule has 0 radical (unpaired) electrons. The van der Waals surface area contributed by atoms with E-state index in [2.05, 4.69) is 14.9 Å². The third-order valence-electron chi connectivity index (χ3n) is 2.75. The summed E-state index contributed by atoms with van der Waals surface area (Å²) in [5.41, 5.74) is 1.72. The number of fused-ring (bicyclic) bond motifs is 1. The Morgan fingerprint density at radius 3 is 3.00 bits per heavy atom. The van der Waals surface area contributed by atoms with E-state index in [0.29, 0.717) is 5.69 Å². The van der Waals surface area contributed by atoms with Crippen LogP contribution in [0.2, 0.25) is 0 Å². The zero-order valence-electron chi connectivity index (χ0n) is 8.63. The predicted octanol–water partition coefficient (Wildman–Crippen LogP) is 0.887. The maximum Gasteiger partial charge on any atom is 0.271 e. The highest BCUT2D eigenvalue weighted by Gasteiger charge is 2.21. The van der Waals surface area contributed by atoms with E-state index >= 15 is 0 Å². The lowest BCUT2D eigenvalue weighted by Crippen LogP contribution is -2.21. The van der Waals surface area contributed by atoms with Crippen LogP contribution in [-0.4, -0.2) is 22.5 Å². The Morgan fingerprint density at radius 1 is 1.50 bits per heavy atom. The van der Waals surface area contributed by atoms with Crippen molar-refractivity contribution in [1.82, 2.24) is 14.9 Å². The Balaban J connectivity index is 2.46. The summed E-state index contributed by atoms with van der Waals surface area (Å²) in [4.78, 5) is 15.8. The van der Waals surface area contributed by atoms with Gasteiger partial charge in [-0.3, -0.25) is 4.79 Å². The Hall–Kier alpha value is -1.32. The van der Waals surface area contributed by atoms with Gasteiger partial charge in [0.05, 0.1) is 5.69 Å². The molecule has 14 heavy (non-hydrogen) atoms. The molecule has 76 valence electrons. The van der Waals surface area contributed by atoms with E-state index in [1.807, 2.05) is 6.92 Å². The van der Waals surface area contributed by atoms with Crippen molar-refractivity contribution in [1.29, 1.82) is 0 Å². The zero-order chi connectivity index (χ0) is 10.1. The molecular formula is C10H15N3O. The maximum absolute atomic E-state index is 11.5. The normalized spacial score (nSPS) is 15.0. The first-order valence-electron chi connectivity index (χ1n) is 5.02. The van der Waals surface area contributed by atoms with Crippen LogP contribution in [0.15, 0.2) is 0 Å². The first-order valence-corrected chi connectivity index (χ1v) is 5.02. The average molecular weight is 193 g/mol. The molecule has 1 N–H and O–H groups in total. The number of nitrogens with zero attached hydrogens (tertiary/aromatic N) is 2. The van der Waals surface area contributed by atoms with Gasteiger partial charge in [-0.15, -0.1) is 0 Å². The molecule has 1 aromatic heterocycles. The fourth-order valence-corrected chi connectivity index (χ4v) is 2.02. The van der Waals surface area contributed by atoms with Gasteiger partial charge in [-0.25, -0.2) is 4.98 Å². The Kier molecular flexibility index (Phi) is 2.27. The highest BCUT2D eigenvalue weighted by atomic mass is 16.1. The maximum atomic E-state index is 11.5. The smallest absolute Gasteiger partial charge is 0.271 e. The fraction of sp³-hybridized carbons (Fsp3) is 0.600. The van der Waals surface area contributed by atoms with Crippen LogP contribution in [0.3, 0.4) is 0 Å². The Labute approximate surface area is 83.3 Å². The van der Waals surface area contributed by atoms with E-state index in [-0.39, 0.29) is 5.91 Å². The van der Waals surface area contributed by atoms with Crippen LogP contribution in [-0.2, 0) is 13.0 Å². The van der Waals surface area contributed by atoms with Crippen molar-refractivity contribution in [3.8, 4) is 0 Å². The minimum atomic E-state index is -0.0660. The number of nitrogens with one attached hydrogen (secondary N) is 1. The number of aryl methyl sites for hydroxylation is 1. The molecule has 1 aromatic rings. The second kappa shape index (κ2) is 3.44. The zero-order valence-corrected chi connectivity index (χ0v) is 8.63. The number of hydrogen-bond acceptors (Lipinski definition) is 2. The van der Waals surface area contributed by atoms with E-state index in [1.54, 1.807) is 7.05 Å². The van der Waals surface area contributed by atoms with Crippen LogP contribution in [0, 0.1) is 6.92 Å². The van der Waals surface area contributed by atoms with E-state index in [4.69, 9.17) is 0 Å². The number of imidazole rings is 1. The molecule has 0 aliphatic carbocycles. The number of rotatable bonds is 1. The Bertz CT molecular complexity index is 368. The van der Waals surface area contributed by atoms with E-state index in [0.717, 1.165) is 30.9 Å². The van der Waals surface area contributed by atoms with Gasteiger partial charge in [0.25, 0.3) is 5.91 Å². The highest BCUT2D eigenvalue weighted by molar-refractivity contribution is 5.93. The molecule has 0 fully saturated rings. The van der Waals surface area contributed by atoms with Crippen LogP contribution >= 0.6 is 0 Å². The van der Waals surface area contributed by atoms with Crippen molar-refractivity contribution in [2.24, 2.45) is 0 Å². The largest absolute Gasteiger partial charge is 0.354 e. The summed E-state index contributed by atoms with van der Waals surface area (Å²) in [7, 11) is 1.65. The van der Waals surface area contributed by atoms with Crippen molar-refractivity contribution in [2.45, 2.75) is 32.7 Å². The van der Waals surface area contributed by atoms with Crippen molar-refractivity contribution in [3.05, 3.63) is 17.2 Å². The van der Waals surface area contributed by atoms with Crippen molar-refractivity contribution in [2.75, 3.05) is 7.05 Å². The van der Waals surface area contributed by atoms with Crippen LogP contribution in [0.25, 0.3) is 0 Å². The molecule has 4 nitrogen and oxygen atoms in total. The SMILES string of the molecule is CNC(=O)c1nc(C)n2c1CCCC2. The van der Waals surface area contributed by atoms with Crippen LogP contribution in [0.1, 0.15) is 34.8 Å². The monoisotopic (exact) mass is 193 g/mol. The van der Waals surface area contributed by atoms with Crippen LogP contribution in [0.4, 0.5) is 0 Å². The summed E-state index contributed by atoms with van der Waals surface area (Å²) in [6.45, 7) is 2.96. The second-order valence-corrected chi connectivity index (χ2v) is 3.64. The summed E-state index contributed by atoms with van der Waals surface area (Å²) in [5.74, 6) is 0.891. The molecule has 0 bridgehead atoms. The number of aromatic nitrogens is 2. The molecule has 0 saturated heterocycles.